The number of rotatable bonds is 8. The van der Waals surface area contributed by atoms with Gasteiger partial charge in [0.1, 0.15) is 0 Å². The Morgan fingerprint density at radius 3 is 2.07 bits per heavy atom. The van der Waals surface area contributed by atoms with Gasteiger partial charge in [-0.25, -0.2) is 0 Å². The van der Waals surface area contributed by atoms with E-state index in [-0.39, 0.29) is 6.42 Å². The van der Waals surface area contributed by atoms with Crippen molar-refractivity contribution in [3.05, 3.63) is 0 Å². The lowest BCUT2D eigenvalue weighted by atomic mass is 10.0. The molecule has 1 atom stereocenters. The molecule has 0 aliphatic heterocycles. The van der Waals surface area contributed by atoms with Gasteiger partial charge in [0.25, 0.3) is 0 Å². The van der Waals surface area contributed by atoms with Gasteiger partial charge in [-0.1, -0.05) is 6.42 Å². The molecule has 0 radical (unpaired) electrons. The lowest BCUT2D eigenvalue weighted by molar-refractivity contribution is 0.00603. The van der Waals surface area contributed by atoms with Crippen LogP contribution in [-0.2, 0) is 0 Å². The van der Waals surface area contributed by atoms with Crippen molar-refractivity contribution in [2.24, 2.45) is 11.5 Å². The van der Waals surface area contributed by atoms with Crippen LogP contribution in [0.1, 0.15) is 19.3 Å². The lowest BCUT2D eigenvalue weighted by Gasteiger charge is -2.30. The van der Waals surface area contributed by atoms with Crippen molar-refractivity contribution in [2.75, 3.05) is 6.54 Å². The Morgan fingerprint density at radius 2 is 1.71 bits per heavy atom. The first-order chi connectivity index (χ1) is 6.64. The maximum absolute atomic E-state index is 12.2. The molecule has 0 saturated heterocycles. The van der Waals surface area contributed by atoms with E-state index in [9.17, 15) is 13.4 Å². The maximum atomic E-state index is 12.2. The Morgan fingerprint density at radius 1 is 1.14 bits per heavy atom. The molecule has 0 spiro atoms. The molecule has 1 unspecified atom stereocenters. The lowest BCUT2D eigenvalue weighted by Crippen LogP contribution is -2.69. The summed E-state index contributed by atoms with van der Waals surface area (Å²) in [6, 6.07) is -1.22. The molecule has 0 aromatic rings. The van der Waals surface area contributed by atoms with E-state index in [2.05, 4.69) is 0 Å². The van der Waals surface area contributed by atoms with Crippen molar-refractivity contribution in [3.8, 4) is 0 Å². The molecule has 0 saturated carbocycles. The van der Waals surface area contributed by atoms with Crippen LogP contribution in [-0.4, -0.2) is 18.4 Å². The second-order valence-corrected chi connectivity index (χ2v) is 3.00. The monoisotopic (exact) mass is 215 g/mol. The van der Waals surface area contributed by atoms with E-state index in [4.69, 9.17) is 11.5 Å². The van der Waals surface area contributed by atoms with Gasteiger partial charge in [-0.05, 0) is 19.4 Å². The molecule has 0 aromatic heterocycles. The summed E-state index contributed by atoms with van der Waals surface area (Å²) in [5.74, 6) is -2.26. The van der Waals surface area contributed by atoms with Gasteiger partial charge >= 0.3 is 0 Å². The smallest absolute Gasteiger partial charge is 0.192 e. The molecule has 0 heterocycles. The number of hydrogen-bond acceptors (Lipinski definition) is 5. The molecular weight excluding hydrogens is 199 g/mol. The predicted octanol–water partition coefficient (Wildman–Crippen LogP) is -0.481. The Hall–Kier alpha value is -0.410. The summed E-state index contributed by atoms with van der Waals surface area (Å²) >= 11 is 0. The van der Waals surface area contributed by atoms with Crippen LogP contribution in [0.3, 0.4) is 0 Å². The van der Waals surface area contributed by atoms with E-state index < -0.39 is 11.8 Å². The van der Waals surface area contributed by atoms with E-state index in [0.717, 1.165) is 11.1 Å². The Bertz CT molecular complexity index is 143. The molecule has 0 fully saturated rings. The van der Waals surface area contributed by atoms with E-state index in [0.29, 0.717) is 19.4 Å². The quantitative estimate of drug-likeness (QED) is 0.214. The van der Waals surface area contributed by atoms with Gasteiger partial charge in [-0.15, -0.1) is 24.5 Å². The molecule has 0 bridgehead atoms. The standard InChI is InChI=1S/C6H16F3N5/c7-12-5(3-1-2-4-10)6(11,13-8)14-9/h5,12-14H,1-4,10-11H2. The van der Waals surface area contributed by atoms with Crippen LogP contribution in [0.5, 0.6) is 0 Å². The highest BCUT2D eigenvalue weighted by Crippen LogP contribution is 2.09. The highest BCUT2D eigenvalue weighted by molar-refractivity contribution is 4.85. The van der Waals surface area contributed by atoms with Crippen LogP contribution < -0.4 is 28.1 Å². The predicted molar refractivity (Wildman–Crippen MR) is 46.3 cm³/mol. The van der Waals surface area contributed by atoms with Crippen LogP contribution in [0.2, 0.25) is 0 Å². The largest absolute Gasteiger partial charge is 0.330 e. The number of hydrogen-bond donors (Lipinski definition) is 5. The van der Waals surface area contributed by atoms with Crippen molar-refractivity contribution in [3.63, 3.8) is 0 Å². The highest BCUT2D eigenvalue weighted by atomic mass is 19.2. The topological polar surface area (TPSA) is 88.1 Å². The normalized spacial score (nSPS) is 14.4. The molecule has 0 amide bonds. The summed E-state index contributed by atoms with van der Waals surface area (Å²) in [5.41, 5.74) is 13.5. The van der Waals surface area contributed by atoms with Crippen molar-refractivity contribution >= 4 is 0 Å². The fourth-order valence-electron chi connectivity index (χ4n) is 1.01. The molecule has 7 N–H and O–H groups in total. The fourth-order valence-corrected chi connectivity index (χ4v) is 1.01. The average molecular weight is 215 g/mol. The van der Waals surface area contributed by atoms with Crippen molar-refractivity contribution in [2.45, 2.75) is 31.1 Å². The summed E-state index contributed by atoms with van der Waals surface area (Å²) in [6.45, 7) is 0.433. The van der Waals surface area contributed by atoms with E-state index in [1.54, 1.807) is 0 Å². The van der Waals surface area contributed by atoms with Crippen LogP contribution in [0.4, 0.5) is 13.4 Å². The first kappa shape index (κ1) is 13.6. The highest BCUT2D eigenvalue weighted by Gasteiger charge is 2.35. The first-order valence-electron chi connectivity index (χ1n) is 4.25. The minimum absolute atomic E-state index is 0.151. The van der Waals surface area contributed by atoms with Gasteiger partial charge in [0, 0.05) is 0 Å². The van der Waals surface area contributed by atoms with Crippen LogP contribution in [0.25, 0.3) is 0 Å². The third kappa shape index (κ3) is 3.76. The average Bonchev–Trinajstić information content (AvgIpc) is 2.23. The van der Waals surface area contributed by atoms with Gasteiger partial charge in [0.15, 0.2) is 5.79 Å². The third-order valence-electron chi connectivity index (χ3n) is 1.94. The molecule has 8 heteroatoms. The molecule has 0 aliphatic rings. The van der Waals surface area contributed by atoms with Crippen molar-refractivity contribution < 1.29 is 13.4 Å². The zero-order chi connectivity index (χ0) is 11.0. The van der Waals surface area contributed by atoms with Crippen molar-refractivity contribution in [1.82, 2.24) is 16.6 Å². The zero-order valence-corrected chi connectivity index (χ0v) is 7.69. The minimum Gasteiger partial charge on any atom is -0.330 e. The molecular formula is C6H16F3N5. The Kier molecular flexibility index (Phi) is 6.75. The molecule has 5 nitrogen and oxygen atoms in total. The number of nitrogens with two attached hydrogens (primary N) is 2. The molecule has 0 aliphatic carbocycles. The summed E-state index contributed by atoms with van der Waals surface area (Å²) in [5, 5.41) is 0. The second-order valence-electron chi connectivity index (χ2n) is 3.00. The summed E-state index contributed by atoms with van der Waals surface area (Å²) < 4.78 is 36.3. The summed E-state index contributed by atoms with van der Waals surface area (Å²) in [7, 11) is 0. The number of halogens is 3. The summed E-state index contributed by atoms with van der Waals surface area (Å²) in [6.07, 6.45) is 1.30. The van der Waals surface area contributed by atoms with Gasteiger partial charge in [0.05, 0.1) is 6.04 Å². The molecule has 14 heavy (non-hydrogen) atoms. The first-order valence-corrected chi connectivity index (χ1v) is 4.25. The molecule has 86 valence electrons. The third-order valence-corrected chi connectivity index (χ3v) is 1.94. The SMILES string of the molecule is NCCCCC(NF)C(N)(NF)NF. The fraction of sp³-hybridized carbons (Fsp3) is 1.00. The van der Waals surface area contributed by atoms with Gasteiger partial charge in [-0.2, -0.15) is 5.54 Å². The van der Waals surface area contributed by atoms with Crippen molar-refractivity contribution in [1.29, 1.82) is 0 Å². The van der Waals surface area contributed by atoms with Crippen LogP contribution in [0.15, 0.2) is 0 Å². The second kappa shape index (κ2) is 6.96. The molecule has 0 aromatic carbocycles. The maximum Gasteiger partial charge on any atom is 0.192 e. The van der Waals surface area contributed by atoms with E-state index >= 15 is 0 Å². The number of unbranched alkanes of at least 4 members (excludes halogenated alkanes) is 1. The Balaban J connectivity index is 4.08. The zero-order valence-electron chi connectivity index (χ0n) is 7.69. The summed E-state index contributed by atoms with van der Waals surface area (Å²) in [4.78, 5) is 0. The van der Waals surface area contributed by atoms with Gasteiger partial charge < -0.3 is 5.73 Å². The minimum atomic E-state index is -2.26. The van der Waals surface area contributed by atoms with Gasteiger partial charge in [0.2, 0.25) is 0 Å². The van der Waals surface area contributed by atoms with Crippen LogP contribution >= 0.6 is 0 Å². The Labute approximate surface area is 80.2 Å². The number of nitrogens with one attached hydrogen (secondary N) is 3. The molecule has 0 rings (SSSR count). The van der Waals surface area contributed by atoms with Gasteiger partial charge in [-0.3, -0.25) is 5.73 Å². The van der Waals surface area contributed by atoms with Crippen LogP contribution in [0, 0.1) is 0 Å². The van der Waals surface area contributed by atoms with E-state index in [1.807, 2.05) is 0 Å². The van der Waals surface area contributed by atoms with E-state index in [1.165, 1.54) is 5.54 Å².